The van der Waals surface area contributed by atoms with Gasteiger partial charge in [0.05, 0.1) is 17.2 Å². The van der Waals surface area contributed by atoms with Crippen LogP contribution >= 0.6 is 0 Å². The number of hydrogen-bond donors (Lipinski definition) is 1. The second-order valence-electron chi connectivity index (χ2n) is 7.09. The van der Waals surface area contributed by atoms with E-state index in [1.54, 1.807) is 48.5 Å². The van der Waals surface area contributed by atoms with Gasteiger partial charge in [-0.25, -0.2) is 0 Å². The predicted molar refractivity (Wildman–Crippen MR) is 119 cm³/mol. The van der Waals surface area contributed by atoms with E-state index in [2.05, 4.69) is 6.07 Å². The average Bonchev–Trinajstić information content (AvgIpc) is 2.79. The maximum absolute atomic E-state index is 12.9. The third kappa shape index (κ3) is 5.26. The molecule has 31 heavy (non-hydrogen) atoms. The van der Waals surface area contributed by atoms with Crippen LogP contribution in [0, 0.1) is 11.3 Å². The van der Waals surface area contributed by atoms with E-state index in [-0.39, 0.29) is 23.7 Å². The lowest BCUT2D eigenvalue weighted by molar-refractivity contribution is 0.101. The molecule has 6 heteroatoms. The molecule has 0 saturated heterocycles. The van der Waals surface area contributed by atoms with Gasteiger partial charge in [0.1, 0.15) is 18.1 Å². The van der Waals surface area contributed by atoms with Crippen LogP contribution in [0.5, 0.6) is 11.5 Å². The van der Waals surface area contributed by atoms with E-state index in [1.165, 1.54) is 6.92 Å². The van der Waals surface area contributed by atoms with Crippen molar-refractivity contribution in [2.45, 2.75) is 43.1 Å². The topological polar surface area (TPSA) is 93.4 Å². The Balaban J connectivity index is 1.81. The maximum Gasteiger partial charge on any atom is 0.163 e. The predicted octanol–water partition coefficient (Wildman–Crippen LogP) is 5.16. The van der Waals surface area contributed by atoms with Crippen LogP contribution in [0.15, 0.2) is 70.5 Å². The number of Topliss-reactive ketones (excluding diaryl/α,β-unsaturated/α-hetero) is 1. The first-order valence-electron chi connectivity index (χ1n) is 9.94. The third-order valence-electron chi connectivity index (χ3n) is 4.80. The van der Waals surface area contributed by atoms with E-state index in [0.29, 0.717) is 33.1 Å². The monoisotopic (exact) mass is 433 g/mol. The molecule has 3 rings (SSSR count). The molecule has 0 aliphatic heterocycles. The Morgan fingerprint density at radius 2 is 1.84 bits per heavy atom. The van der Waals surface area contributed by atoms with Gasteiger partial charge in [-0.3, -0.25) is 4.79 Å². The minimum absolute atomic E-state index is 0.0286. The van der Waals surface area contributed by atoms with Crippen LogP contribution in [0.25, 0.3) is 0 Å². The molecule has 0 fully saturated rings. The molecule has 0 aliphatic rings. The Bertz CT molecular complexity index is 1140. The molecule has 1 unspecified atom stereocenters. The summed E-state index contributed by atoms with van der Waals surface area (Å²) in [5.74, 6) is 0.300. The summed E-state index contributed by atoms with van der Waals surface area (Å²) < 4.78 is 18.9. The van der Waals surface area contributed by atoms with Crippen LogP contribution in [-0.4, -0.2) is 15.4 Å². The Morgan fingerprint density at radius 3 is 2.52 bits per heavy atom. The van der Waals surface area contributed by atoms with Gasteiger partial charge in [0.2, 0.25) is 0 Å². The summed E-state index contributed by atoms with van der Waals surface area (Å²) in [5, 5.41) is 19.6. The van der Waals surface area contributed by atoms with Crippen LogP contribution < -0.4 is 4.74 Å². The SMILES string of the molecule is CCCc1c(OCc2cccc([S+]([O-])c3cccc(C#N)c3)c2)ccc(C(C)=O)c1O. The first kappa shape index (κ1) is 22.4. The van der Waals surface area contributed by atoms with Crippen LogP contribution in [0.1, 0.15) is 47.3 Å². The minimum Gasteiger partial charge on any atom is -0.606 e. The quantitative estimate of drug-likeness (QED) is 0.391. The molecule has 5 nitrogen and oxygen atoms in total. The molecular formula is C25H23NO4S. The lowest BCUT2D eigenvalue weighted by Gasteiger charge is -2.15. The molecule has 0 heterocycles. The molecule has 0 bridgehead atoms. The van der Waals surface area contributed by atoms with Crippen LogP contribution in [0.3, 0.4) is 0 Å². The van der Waals surface area contributed by atoms with Gasteiger partial charge in [-0.05, 0) is 49.2 Å². The second-order valence-corrected chi connectivity index (χ2v) is 8.57. The summed E-state index contributed by atoms with van der Waals surface area (Å²) in [6.45, 7) is 3.63. The van der Waals surface area contributed by atoms with Gasteiger partial charge in [0, 0.05) is 28.9 Å². The van der Waals surface area contributed by atoms with Crippen molar-refractivity contribution >= 4 is 17.0 Å². The first-order valence-corrected chi connectivity index (χ1v) is 11.1. The van der Waals surface area contributed by atoms with E-state index in [9.17, 15) is 14.5 Å². The molecule has 1 atom stereocenters. The number of ether oxygens (including phenoxy) is 1. The molecule has 3 aromatic rings. The number of rotatable bonds is 8. The lowest BCUT2D eigenvalue weighted by atomic mass is 10.0. The standard InChI is InChI=1S/C25H23NO4S/c1-3-6-23-24(12-11-22(17(2)27)25(23)28)30-16-19-8-5-10-21(14-19)31(29)20-9-4-7-18(13-20)15-26/h4-5,7-14,28H,3,6,16H2,1-2H3. The highest BCUT2D eigenvalue weighted by Crippen LogP contribution is 2.33. The molecule has 3 aromatic carbocycles. The highest BCUT2D eigenvalue weighted by atomic mass is 32.2. The van der Waals surface area contributed by atoms with Crippen LogP contribution in [0.4, 0.5) is 0 Å². The number of carbonyl (C=O) groups excluding carboxylic acids is 1. The van der Waals surface area contributed by atoms with Gasteiger partial charge in [0.15, 0.2) is 15.6 Å². The van der Waals surface area contributed by atoms with Crippen molar-refractivity contribution in [2.75, 3.05) is 0 Å². The van der Waals surface area contributed by atoms with Crippen molar-refractivity contribution < 1.29 is 19.2 Å². The van der Waals surface area contributed by atoms with E-state index in [0.717, 1.165) is 12.0 Å². The number of nitriles is 1. The first-order chi connectivity index (χ1) is 14.9. The second kappa shape index (κ2) is 10.2. The summed E-state index contributed by atoms with van der Waals surface area (Å²) in [5.41, 5.74) is 2.18. The third-order valence-corrected chi connectivity index (χ3v) is 6.17. The smallest absolute Gasteiger partial charge is 0.163 e. The van der Waals surface area contributed by atoms with Gasteiger partial charge in [-0.2, -0.15) is 5.26 Å². The fraction of sp³-hybridized carbons (Fsp3) is 0.200. The van der Waals surface area contributed by atoms with E-state index >= 15 is 0 Å². The molecule has 0 spiro atoms. The highest BCUT2D eigenvalue weighted by molar-refractivity contribution is 7.91. The number of aromatic hydroxyl groups is 1. The summed E-state index contributed by atoms with van der Waals surface area (Å²) in [4.78, 5) is 12.9. The molecular weight excluding hydrogens is 410 g/mol. The molecule has 0 radical (unpaired) electrons. The summed E-state index contributed by atoms with van der Waals surface area (Å²) >= 11 is -1.42. The van der Waals surface area contributed by atoms with Gasteiger partial charge >= 0.3 is 0 Å². The van der Waals surface area contributed by atoms with Crippen LogP contribution in [-0.2, 0) is 24.2 Å². The molecule has 1 N–H and O–H groups in total. The Labute approximate surface area is 185 Å². The molecule has 0 aliphatic carbocycles. The van der Waals surface area contributed by atoms with Gasteiger partial charge in [-0.15, -0.1) is 0 Å². The van der Waals surface area contributed by atoms with Gasteiger partial charge in [-0.1, -0.05) is 31.5 Å². The van der Waals surface area contributed by atoms with Crippen molar-refractivity contribution in [3.05, 3.63) is 82.9 Å². The van der Waals surface area contributed by atoms with E-state index < -0.39 is 11.2 Å². The zero-order valence-corrected chi connectivity index (χ0v) is 18.2. The lowest BCUT2D eigenvalue weighted by Crippen LogP contribution is -2.05. The fourth-order valence-corrected chi connectivity index (χ4v) is 4.43. The molecule has 0 saturated carbocycles. The van der Waals surface area contributed by atoms with Gasteiger partial charge < -0.3 is 14.4 Å². The zero-order valence-electron chi connectivity index (χ0n) is 17.4. The average molecular weight is 434 g/mol. The highest BCUT2D eigenvalue weighted by Gasteiger charge is 2.18. The Kier molecular flexibility index (Phi) is 7.35. The summed E-state index contributed by atoms with van der Waals surface area (Å²) in [6, 6.07) is 19.3. The summed E-state index contributed by atoms with van der Waals surface area (Å²) in [7, 11) is 0. The summed E-state index contributed by atoms with van der Waals surface area (Å²) in [6.07, 6.45) is 1.38. The Hall–Kier alpha value is -3.27. The maximum atomic E-state index is 12.9. The van der Waals surface area contributed by atoms with Gasteiger partial charge in [0.25, 0.3) is 0 Å². The Morgan fingerprint density at radius 1 is 1.13 bits per heavy atom. The number of hydrogen-bond acceptors (Lipinski definition) is 5. The fourth-order valence-electron chi connectivity index (χ4n) is 3.26. The number of phenolic OH excluding ortho intramolecular Hbond substituents is 1. The number of benzene rings is 3. The van der Waals surface area contributed by atoms with E-state index in [4.69, 9.17) is 10.00 Å². The number of ketones is 1. The largest absolute Gasteiger partial charge is 0.606 e. The number of nitrogens with zero attached hydrogens (tertiary/aromatic N) is 1. The van der Waals surface area contributed by atoms with E-state index in [1.807, 2.05) is 19.1 Å². The number of phenols is 1. The number of carbonyl (C=O) groups is 1. The minimum atomic E-state index is -1.42. The van der Waals surface area contributed by atoms with Crippen molar-refractivity contribution in [1.82, 2.24) is 0 Å². The van der Waals surface area contributed by atoms with Crippen molar-refractivity contribution in [1.29, 1.82) is 5.26 Å². The van der Waals surface area contributed by atoms with Crippen molar-refractivity contribution in [2.24, 2.45) is 0 Å². The molecule has 0 aromatic heterocycles. The molecule has 0 amide bonds. The zero-order chi connectivity index (χ0) is 22.4. The van der Waals surface area contributed by atoms with Crippen LogP contribution in [0.2, 0.25) is 0 Å². The van der Waals surface area contributed by atoms with Crippen molar-refractivity contribution in [3.8, 4) is 17.6 Å². The molecule has 158 valence electrons. The van der Waals surface area contributed by atoms with Crippen molar-refractivity contribution in [3.63, 3.8) is 0 Å². The normalized spacial score (nSPS) is 11.5.